The number of ether oxygens (including phenoxy) is 2. The van der Waals surface area contributed by atoms with Crippen LogP contribution in [0.2, 0.25) is 0 Å². The van der Waals surface area contributed by atoms with Gasteiger partial charge >= 0.3 is 0 Å². The van der Waals surface area contributed by atoms with Crippen LogP contribution in [0.25, 0.3) is 11.3 Å². The van der Waals surface area contributed by atoms with Crippen LogP contribution < -0.4 is 14.8 Å². The Morgan fingerprint density at radius 3 is 2.57 bits per heavy atom. The summed E-state index contributed by atoms with van der Waals surface area (Å²) in [7, 11) is 3.26. The van der Waals surface area contributed by atoms with Crippen molar-refractivity contribution in [2.24, 2.45) is 0 Å². The monoisotopic (exact) mass is 380 g/mol. The van der Waals surface area contributed by atoms with E-state index in [1.807, 2.05) is 48.5 Å². The molecule has 0 spiro atoms. The van der Waals surface area contributed by atoms with E-state index in [2.05, 4.69) is 10.3 Å². The van der Waals surface area contributed by atoms with Gasteiger partial charge in [0.25, 0.3) is 0 Å². The van der Waals surface area contributed by atoms with Crippen molar-refractivity contribution in [3.8, 4) is 22.8 Å². The fourth-order valence-electron chi connectivity index (χ4n) is 2.78. The minimum absolute atomic E-state index is 0.0188. The molecular formula is C22H24N2O4. The van der Waals surface area contributed by atoms with E-state index in [-0.39, 0.29) is 5.91 Å². The average molecular weight is 380 g/mol. The molecule has 0 atom stereocenters. The second kappa shape index (κ2) is 9.60. The number of aromatic nitrogens is 1. The summed E-state index contributed by atoms with van der Waals surface area (Å²) in [6, 6.07) is 15.4. The van der Waals surface area contributed by atoms with Crippen molar-refractivity contribution in [3.63, 3.8) is 0 Å². The first-order valence-corrected chi connectivity index (χ1v) is 9.16. The normalized spacial score (nSPS) is 10.5. The van der Waals surface area contributed by atoms with E-state index in [0.717, 1.165) is 29.0 Å². The lowest BCUT2D eigenvalue weighted by atomic mass is 10.1. The highest BCUT2D eigenvalue weighted by atomic mass is 16.5. The van der Waals surface area contributed by atoms with Gasteiger partial charge in [0.05, 0.1) is 20.4 Å². The van der Waals surface area contributed by atoms with Crippen LogP contribution in [-0.2, 0) is 17.6 Å². The van der Waals surface area contributed by atoms with E-state index in [1.165, 1.54) is 0 Å². The smallest absolute Gasteiger partial charge is 0.220 e. The molecule has 146 valence electrons. The lowest BCUT2D eigenvalue weighted by Crippen LogP contribution is -2.25. The largest absolute Gasteiger partial charge is 0.497 e. The lowest BCUT2D eigenvalue weighted by Gasteiger charge is -2.05. The Kier molecular flexibility index (Phi) is 6.68. The molecule has 3 rings (SSSR count). The van der Waals surface area contributed by atoms with Crippen molar-refractivity contribution in [1.29, 1.82) is 0 Å². The summed E-state index contributed by atoms with van der Waals surface area (Å²) in [5, 5.41) is 2.93. The Hall–Kier alpha value is -3.28. The molecule has 0 aliphatic heterocycles. The molecule has 0 saturated carbocycles. The summed E-state index contributed by atoms with van der Waals surface area (Å²) >= 11 is 0. The van der Waals surface area contributed by atoms with E-state index in [9.17, 15) is 4.79 Å². The molecule has 2 aromatic carbocycles. The van der Waals surface area contributed by atoms with Crippen molar-refractivity contribution in [1.82, 2.24) is 10.3 Å². The highest BCUT2D eigenvalue weighted by Crippen LogP contribution is 2.24. The van der Waals surface area contributed by atoms with Gasteiger partial charge in [-0.3, -0.25) is 4.79 Å². The molecule has 0 aliphatic carbocycles. The van der Waals surface area contributed by atoms with Crippen LogP contribution >= 0.6 is 0 Å². The maximum Gasteiger partial charge on any atom is 0.220 e. The Labute approximate surface area is 164 Å². The summed E-state index contributed by atoms with van der Waals surface area (Å²) in [6.45, 7) is 0.589. The topological polar surface area (TPSA) is 73.6 Å². The van der Waals surface area contributed by atoms with Crippen LogP contribution in [-0.4, -0.2) is 31.7 Å². The Morgan fingerprint density at radius 1 is 1.04 bits per heavy atom. The summed E-state index contributed by atoms with van der Waals surface area (Å²) in [6.07, 6.45) is 3.24. The zero-order valence-electron chi connectivity index (χ0n) is 16.1. The molecule has 0 fully saturated rings. The molecule has 0 saturated heterocycles. The lowest BCUT2D eigenvalue weighted by molar-refractivity contribution is -0.121. The standard InChI is InChI=1S/C22H24N2O4/c1-26-18-8-6-16(7-9-18)12-13-23-21(25)10-11-22-24-15-20(28-22)17-4-3-5-19(14-17)27-2/h3-9,14-15H,10-13H2,1-2H3,(H,23,25). The van der Waals surface area contributed by atoms with Crippen molar-refractivity contribution in [2.75, 3.05) is 20.8 Å². The maximum absolute atomic E-state index is 12.1. The van der Waals surface area contributed by atoms with Crippen LogP contribution in [0.1, 0.15) is 17.9 Å². The Morgan fingerprint density at radius 2 is 1.82 bits per heavy atom. The molecule has 6 nitrogen and oxygen atoms in total. The maximum atomic E-state index is 12.1. The second-order valence-corrected chi connectivity index (χ2v) is 6.30. The molecular weight excluding hydrogens is 356 g/mol. The van der Waals surface area contributed by atoms with Gasteiger partial charge in [0.1, 0.15) is 11.5 Å². The minimum atomic E-state index is -0.0188. The molecule has 1 aromatic heterocycles. The number of carbonyl (C=O) groups is 1. The molecule has 0 bridgehead atoms. The number of carbonyl (C=O) groups excluding carboxylic acids is 1. The molecule has 1 N–H and O–H groups in total. The SMILES string of the molecule is COc1ccc(CCNC(=O)CCc2ncc(-c3cccc(OC)c3)o2)cc1. The van der Waals surface area contributed by atoms with Gasteiger partial charge in [0.2, 0.25) is 5.91 Å². The van der Waals surface area contributed by atoms with Gasteiger partial charge in [-0.1, -0.05) is 24.3 Å². The predicted octanol–water partition coefficient (Wildman–Crippen LogP) is 3.65. The van der Waals surface area contributed by atoms with Crippen LogP contribution in [0.5, 0.6) is 11.5 Å². The first-order valence-electron chi connectivity index (χ1n) is 9.16. The van der Waals surface area contributed by atoms with Crippen molar-refractivity contribution >= 4 is 5.91 Å². The molecule has 6 heteroatoms. The zero-order valence-corrected chi connectivity index (χ0v) is 16.1. The van der Waals surface area contributed by atoms with Crippen LogP contribution in [0.4, 0.5) is 0 Å². The van der Waals surface area contributed by atoms with Gasteiger partial charge in [-0.25, -0.2) is 4.98 Å². The number of oxazole rings is 1. The Balaban J connectivity index is 1.43. The van der Waals surface area contributed by atoms with Crippen LogP contribution in [0.15, 0.2) is 59.1 Å². The zero-order chi connectivity index (χ0) is 19.8. The van der Waals surface area contributed by atoms with Gasteiger partial charge in [-0.2, -0.15) is 0 Å². The first kappa shape index (κ1) is 19.5. The summed E-state index contributed by atoms with van der Waals surface area (Å²) < 4.78 is 16.1. The van der Waals surface area contributed by atoms with Crippen molar-refractivity contribution in [2.45, 2.75) is 19.3 Å². The van der Waals surface area contributed by atoms with E-state index in [1.54, 1.807) is 20.4 Å². The first-order chi connectivity index (χ1) is 13.7. The molecule has 3 aromatic rings. The number of nitrogens with one attached hydrogen (secondary N) is 1. The highest BCUT2D eigenvalue weighted by molar-refractivity contribution is 5.76. The molecule has 1 amide bonds. The van der Waals surface area contributed by atoms with E-state index in [4.69, 9.17) is 13.9 Å². The number of rotatable bonds is 9. The van der Waals surface area contributed by atoms with Gasteiger partial charge in [-0.05, 0) is 36.2 Å². The molecule has 0 aliphatic rings. The van der Waals surface area contributed by atoms with Crippen molar-refractivity contribution < 1.29 is 18.7 Å². The minimum Gasteiger partial charge on any atom is -0.497 e. The highest BCUT2D eigenvalue weighted by Gasteiger charge is 2.09. The third-order valence-corrected chi connectivity index (χ3v) is 4.37. The number of hydrogen-bond acceptors (Lipinski definition) is 5. The Bertz CT molecular complexity index is 903. The summed E-state index contributed by atoms with van der Waals surface area (Å²) in [5.41, 5.74) is 2.04. The van der Waals surface area contributed by atoms with Gasteiger partial charge in [0.15, 0.2) is 11.7 Å². The molecule has 0 radical (unpaired) electrons. The fourth-order valence-corrected chi connectivity index (χ4v) is 2.78. The summed E-state index contributed by atoms with van der Waals surface area (Å²) in [5.74, 6) is 2.77. The fraction of sp³-hybridized carbons (Fsp3) is 0.273. The van der Waals surface area contributed by atoms with Gasteiger partial charge in [-0.15, -0.1) is 0 Å². The average Bonchev–Trinajstić information content (AvgIpc) is 3.22. The quantitative estimate of drug-likeness (QED) is 0.613. The van der Waals surface area contributed by atoms with E-state index < -0.39 is 0 Å². The van der Waals surface area contributed by atoms with Crippen LogP contribution in [0.3, 0.4) is 0 Å². The molecule has 1 heterocycles. The third-order valence-electron chi connectivity index (χ3n) is 4.37. The number of hydrogen-bond donors (Lipinski definition) is 1. The number of aryl methyl sites for hydroxylation is 1. The number of benzene rings is 2. The van der Waals surface area contributed by atoms with E-state index >= 15 is 0 Å². The van der Waals surface area contributed by atoms with Crippen LogP contribution in [0, 0.1) is 0 Å². The van der Waals surface area contributed by atoms with E-state index in [0.29, 0.717) is 31.0 Å². The predicted molar refractivity (Wildman–Crippen MR) is 107 cm³/mol. The number of amides is 1. The second-order valence-electron chi connectivity index (χ2n) is 6.30. The van der Waals surface area contributed by atoms with Gasteiger partial charge < -0.3 is 19.2 Å². The molecule has 28 heavy (non-hydrogen) atoms. The summed E-state index contributed by atoms with van der Waals surface area (Å²) in [4.78, 5) is 16.3. The van der Waals surface area contributed by atoms with Gasteiger partial charge in [0, 0.05) is 24.9 Å². The molecule has 0 unspecified atom stereocenters. The number of methoxy groups -OCH3 is 2. The van der Waals surface area contributed by atoms with Crippen molar-refractivity contribution in [3.05, 3.63) is 66.2 Å². The number of nitrogens with zero attached hydrogens (tertiary/aromatic N) is 1. The third kappa shape index (κ3) is 5.36.